The van der Waals surface area contributed by atoms with E-state index in [0.717, 1.165) is 0 Å². The minimum Gasteiger partial charge on any atom is -0.338 e. The van der Waals surface area contributed by atoms with Gasteiger partial charge >= 0.3 is 0 Å². The first-order chi connectivity index (χ1) is 9.22. The second kappa shape index (κ2) is 4.74. The fraction of sp³-hybridized carbons (Fsp3) is 0. The third-order valence-corrected chi connectivity index (χ3v) is 2.58. The normalized spacial score (nSPS) is 10.6. The second-order valence-electron chi connectivity index (χ2n) is 3.70. The van der Waals surface area contributed by atoms with Gasteiger partial charge in [-0.3, -0.25) is 0 Å². The fourth-order valence-electron chi connectivity index (χ4n) is 1.59. The van der Waals surface area contributed by atoms with E-state index in [9.17, 15) is 4.39 Å². The molecule has 2 aromatic heterocycles. The van der Waals surface area contributed by atoms with Gasteiger partial charge in [0.2, 0.25) is 5.28 Å². The molecule has 0 aliphatic carbocycles. The van der Waals surface area contributed by atoms with E-state index in [1.54, 1.807) is 12.1 Å². The van der Waals surface area contributed by atoms with Gasteiger partial charge in [0, 0.05) is 18.1 Å². The van der Waals surface area contributed by atoms with Crippen LogP contribution in [-0.2, 0) is 0 Å². The van der Waals surface area contributed by atoms with Crippen molar-refractivity contribution in [3.63, 3.8) is 0 Å². The van der Waals surface area contributed by atoms with Crippen LogP contribution in [0, 0.1) is 5.82 Å². The molecule has 0 aliphatic rings. The summed E-state index contributed by atoms with van der Waals surface area (Å²) in [6, 6.07) is 5.87. The molecular formula is C12H7ClFN5. The predicted octanol–water partition coefficient (Wildman–Crippen LogP) is 2.96. The van der Waals surface area contributed by atoms with Gasteiger partial charge < -0.3 is 5.32 Å². The molecule has 0 bridgehead atoms. The van der Waals surface area contributed by atoms with Crippen LogP contribution < -0.4 is 5.32 Å². The molecule has 3 rings (SSSR count). The molecule has 0 atom stereocenters. The van der Waals surface area contributed by atoms with Crippen molar-refractivity contribution < 1.29 is 4.39 Å². The third kappa shape index (κ3) is 2.43. The van der Waals surface area contributed by atoms with Crippen molar-refractivity contribution >= 4 is 34.3 Å². The Hall–Kier alpha value is -2.34. The molecule has 3 aromatic rings. The molecule has 94 valence electrons. The summed E-state index contributed by atoms with van der Waals surface area (Å²) in [5.41, 5.74) is 1.56. The standard InChI is InChI=1S/C12H7ClFN5/c13-12-18-10-9(15-5-6-16-10)11(19-12)17-8-3-1-7(14)2-4-8/h1-6H,(H,16,17,18,19). The molecular weight excluding hydrogens is 269 g/mol. The molecule has 19 heavy (non-hydrogen) atoms. The van der Waals surface area contributed by atoms with E-state index in [-0.39, 0.29) is 11.1 Å². The van der Waals surface area contributed by atoms with E-state index in [2.05, 4.69) is 25.3 Å². The van der Waals surface area contributed by atoms with Crippen molar-refractivity contribution in [2.75, 3.05) is 5.32 Å². The Kier molecular flexibility index (Phi) is 2.92. The lowest BCUT2D eigenvalue weighted by Crippen LogP contribution is -1.99. The molecule has 1 aromatic carbocycles. The van der Waals surface area contributed by atoms with E-state index >= 15 is 0 Å². The minimum absolute atomic E-state index is 0.0672. The Labute approximate surface area is 112 Å². The molecule has 0 aliphatic heterocycles. The van der Waals surface area contributed by atoms with E-state index < -0.39 is 0 Å². The maximum Gasteiger partial charge on any atom is 0.226 e. The Morgan fingerprint density at radius 3 is 2.53 bits per heavy atom. The van der Waals surface area contributed by atoms with Crippen molar-refractivity contribution in [3.8, 4) is 0 Å². The van der Waals surface area contributed by atoms with Gasteiger partial charge in [0.1, 0.15) is 5.82 Å². The van der Waals surface area contributed by atoms with Gasteiger partial charge in [-0.05, 0) is 35.9 Å². The van der Waals surface area contributed by atoms with Crippen LogP contribution >= 0.6 is 11.6 Å². The lowest BCUT2D eigenvalue weighted by molar-refractivity contribution is 0.628. The van der Waals surface area contributed by atoms with Gasteiger partial charge in [0.05, 0.1) is 0 Å². The Bertz CT molecular complexity index is 732. The maximum absolute atomic E-state index is 12.8. The third-order valence-electron chi connectivity index (χ3n) is 2.41. The number of aromatic nitrogens is 4. The smallest absolute Gasteiger partial charge is 0.226 e. The fourth-order valence-corrected chi connectivity index (χ4v) is 1.76. The number of rotatable bonds is 2. The Morgan fingerprint density at radius 1 is 1.00 bits per heavy atom. The molecule has 2 heterocycles. The highest BCUT2D eigenvalue weighted by atomic mass is 35.5. The zero-order chi connectivity index (χ0) is 13.2. The van der Waals surface area contributed by atoms with E-state index in [4.69, 9.17) is 11.6 Å². The summed E-state index contributed by atoms with van der Waals surface area (Å²) >= 11 is 5.83. The largest absolute Gasteiger partial charge is 0.338 e. The predicted molar refractivity (Wildman–Crippen MR) is 69.8 cm³/mol. The van der Waals surface area contributed by atoms with Gasteiger partial charge in [-0.25, -0.2) is 14.4 Å². The number of benzene rings is 1. The van der Waals surface area contributed by atoms with Crippen LogP contribution in [0.4, 0.5) is 15.9 Å². The molecule has 1 N–H and O–H groups in total. The summed E-state index contributed by atoms with van der Waals surface area (Å²) in [7, 11) is 0. The van der Waals surface area contributed by atoms with Gasteiger partial charge in [-0.2, -0.15) is 9.97 Å². The van der Waals surface area contributed by atoms with Crippen molar-refractivity contribution in [1.29, 1.82) is 0 Å². The maximum atomic E-state index is 12.8. The van der Waals surface area contributed by atoms with Crippen molar-refractivity contribution in [2.24, 2.45) is 0 Å². The molecule has 5 nitrogen and oxygen atoms in total. The highest BCUT2D eigenvalue weighted by molar-refractivity contribution is 6.28. The van der Waals surface area contributed by atoms with Crippen molar-refractivity contribution in [2.45, 2.75) is 0 Å². The van der Waals surface area contributed by atoms with Crippen molar-refractivity contribution in [1.82, 2.24) is 19.9 Å². The Morgan fingerprint density at radius 2 is 1.74 bits per heavy atom. The molecule has 0 unspecified atom stereocenters. The first kappa shape index (κ1) is 11.7. The summed E-state index contributed by atoms with van der Waals surface area (Å²) in [4.78, 5) is 16.3. The topological polar surface area (TPSA) is 63.6 Å². The van der Waals surface area contributed by atoms with Crippen LogP contribution in [0.5, 0.6) is 0 Å². The van der Waals surface area contributed by atoms with Crippen LogP contribution in [-0.4, -0.2) is 19.9 Å². The molecule has 0 amide bonds. The van der Waals surface area contributed by atoms with E-state index in [1.165, 1.54) is 24.5 Å². The number of fused-ring (bicyclic) bond motifs is 1. The van der Waals surface area contributed by atoms with Gasteiger partial charge in [-0.1, -0.05) is 0 Å². The van der Waals surface area contributed by atoms with Crippen LogP contribution in [0.25, 0.3) is 11.2 Å². The highest BCUT2D eigenvalue weighted by Crippen LogP contribution is 2.22. The van der Waals surface area contributed by atoms with Crippen LogP contribution in [0.1, 0.15) is 0 Å². The number of hydrogen-bond acceptors (Lipinski definition) is 5. The lowest BCUT2D eigenvalue weighted by Gasteiger charge is -2.07. The highest BCUT2D eigenvalue weighted by Gasteiger charge is 2.08. The first-order valence-corrected chi connectivity index (χ1v) is 5.77. The molecule has 0 saturated heterocycles. The average molecular weight is 276 g/mol. The lowest BCUT2D eigenvalue weighted by atomic mass is 10.3. The van der Waals surface area contributed by atoms with E-state index in [1.807, 2.05) is 0 Å². The number of nitrogens with zero attached hydrogens (tertiary/aromatic N) is 4. The monoisotopic (exact) mass is 275 g/mol. The number of anilines is 2. The zero-order valence-corrected chi connectivity index (χ0v) is 10.3. The molecule has 0 fully saturated rings. The summed E-state index contributed by atoms with van der Waals surface area (Å²) in [5, 5.41) is 3.08. The molecule has 7 heteroatoms. The van der Waals surface area contributed by atoms with Gasteiger partial charge in [0.25, 0.3) is 0 Å². The molecule has 0 radical (unpaired) electrons. The number of nitrogens with one attached hydrogen (secondary N) is 1. The SMILES string of the molecule is Fc1ccc(Nc2nc(Cl)nc3nccnc23)cc1. The summed E-state index contributed by atoms with van der Waals surface area (Å²) < 4.78 is 12.8. The first-order valence-electron chi connectivity index (χ1n) is 5.39. The summed E-state index contributed by atoms with van der Waals surface area (Å²) in [6.45, 7) is 0. The number of halogens is 2. The van der Waals surface area contributed by atoms with Gasteiger partial charge in [0.15, 0.2) is 17.0 Å². The average Bonchev–Trinajstić information content (AvgIpc) is 2.41. The van der Waals surface area contributed by atoms with E-state index in [0.29, 0.717) is 22.7 Å². The second-order valence-corrected chi connectivity index (χ2v) is 4.04. The zero-order valence-electron chi connectivity index (χ0n) is 9.51. The van der Waals surface area contributed by atoms with Crippen LogP contribution in [0.2, 0.25) is 5.28 Å². The summed E-state index contributed by atoms with van der Waals surface area (Å²) in [6.07, 6.45) is 3.06. The molecule has 0 saturated carbocycles. The quantitative estimate of drug-likeness (QED) is 0.729. The number of hydrogen-bond donors (Lipinski definition) is 1. The molecule has 0 spiro atoms. The van der Waals surface area contributed by atoms with Crippen LogP contribution in [0.15, 0.2) is 36.7 Å². The minimum atomic E-state index is -0.309. The van der Waals surface area contributed by atoms with Gasteiger partial charge in [-0.15, -0.1) is 0 Å². The van der Waals surface area contributed by atoms with Crippen LogP contribution in [0.3, 0.4) is 0 Å². The van der Waals surface area contributed by atoms with Crippen molar-refractivity contribution in [3.05, 3.63) is 47.8 Å². The Balaban J connectivity index is 2.07. The summed E-state index contributed by atoms with van der Waals surface area (Å²) in [5.74, 6) is 0.116.